The number of carboxylic acid groups (broad SMARTS) is 1. The minimum absolute atomic E-state index is 0.0132. The Morgan fingerprint density at radius 1 is 0.800 bits per heavy atom. The van der Waals surface area contributed by atoms with Gasteiger partial charge in [-0.2, -0.15) is 12.6 Å². The molecule has 2 rings (SSSR count). The number of nitrogens with one attached hydrogen (secondary N) is 3. The SMILES string of the molecule is NCCCC[C@H](NC(=O)[C@@H]1CCCN1C(=O)[C@@H]1CCCN1C(=O)[C@H](CCCN=C(N)N)NC(=O)[C@H](CCC(N)=O)NC(=O)[C@@H](N)CS)C(=O)O. The minimum Gasteiger partial charge on any atom is -0.480 e. The van der Waals surface area contributed by atoms with Crippen molar-refractivity contribution in [3.05, 3.63) is 0 Å². The molecule has 0 aliphatic carbocycles. The quantitative estimate of drug-likeness (QED) is 0.0236. The number of guanidine groups is 1. The highest BCUT2D eigenvalue weighted by molar-refractivity contribution is 7.80. The number of primary amides is 1. The van der Waals surface area contributed by atoms with Crippen LogP contribution in [0, 0.1) is 0 Å². The van der Waals surface area contributed by atoms with E-state index in [1.165, 1.54) is 9.80 Å². The van der Waals surface area contributed by atoms with Gasteiger partial charge in [0.1, 0.15) is 30.2 Å². The highest BCUT2D eigenvalue weighted by atomic mass is 32.1. The molecular weight excluding hydrogens is 674 g/mol. The van der Waals surface area contributed by atoms with Crippen LogP contribution in [0.1, 0.15) is 70.6 Å². The maximum absolute atomic E-state index is 14.1. The van der Waals surface area contributed by atoms with E-state index < -0.39 is 77.7 Å². The fourth-order valence-electron chi connectivity index (χ4n) is 5.95. The van der Waals surface area contributed by atoms with Crippen molar-refractivity contribution in [3.63, 3.8) is 0 Å². The number of hydrogen-bond donors (Lipinski definition) is 10. The van der Waals surface area contributed by atoms with Gasteiger partial charge in [0.05, 0.1) is 6.04 Å². The van der Waals surface area contributed by atoms with E-state index in [1.54, 1.807) is 0 Å². The average molecular weight is 728 g/mol. The number of nitrogens with two attached hydrogens (primary N) is 5. The van der Waals surface area contributed by atoms with E-state index in [0.717, 1.165) is 0 Å². The zero-order chi connectivity index (χ0) is 37.4. The van der Waals surface area contributed by atoms with Crippen LogP contribution in [0.15, 0.2) is 4.99 Å². The van der Waals surface area contributed by atoms with Gasteiger partial charge in [-0.3, -0.25) is 33.8 Å². The van der Waals surface area contributed by atoms with Gasteiger partial charge in [0.15, 0.2) is 5.96 Å². The van der Waals surface area contributed by atoms with Gasteiger partial charge in [-0.15, -0.1) is 0 Å². The first-order chi connectivity index (χ1) is 23.7. The third-order valence-corrected chi connectivity index (χ3v) is 9.02. The molecule has 2 aliphatic heterocycles. The lowest BCUT2D eigenvalue weighted by molar-refractivity contribution is -0.149. The number of carbonyl (C=O) groups excluding carboxylic acids is 6. The summed E-state index contributed by atoms with van der Waals surface area (Å²) in [4.78, 5) is 97.2. The van der Waals surface area contributed by atoms with Crippen LogP contribution in [-0.2, 0) is 33.6 Å². The standard InChI is InChI=1S/C30H53N11O8S/c31-12-2-1-6-20(29(48)49)39-26(45)21-8-4-14-40(21)28(47)22-9-5-15-41(22)27(46)19(7-3-13-36-30(34)35)38-25(44)18(10-11-23(33)42)37-24(43)17(32)16-50/h17-22,50H,1-16,31-32H2,(H2,33,42)(H,37,43)(H,38,44)(H,39,45)(H,48,49)(H4,34,35,36)/t17-,18-,19-,20-,21-,22-/m0/s1. The van der Waals surface area contributed by atoms with E-state index in [9.17, 15) is 38.7 Å². The van der Waals surface area contributed by atoms with Gasteiger partial charge in [-0.05, 0) is 70.8 Å². The summed E-state index contributed by atoms with van der Waals surface area (Å²) in [5.41, 5.74) is 27.4. The number of nitrogens with zero attached hydrogens (tertiary/aromatic N) is 3. The van der Waals surface area contributed by atoms with Gasteiger partial charge in [-0.25, -0.2) is 4.79 Å². The molecule has 0 spiro atoms. The molecule has 0 saturated carbocycles. The predicted octanol–water partition coefficient (Wildman–Crippen LogP) is -3.79. The van der Waals surface area contributed by atoms with Gasteiger partial charge in [0.25, 0.3) is 0 Å². The smallest absolute Gasteiger partial charge is 0.326 e. The third kappa shape index (κ3) is 12.9. The lowest BCUT2D eigenvalue weighted by atomic mass is 10.1. The molecule has 0 radical (unpaired) electrons. The van der Waals surface area contributed by atoms with Crippen molar-refractivity contribution in [1.82, 2.24) is 25.8 Å². The fourth-order valence-corrected chi connectivity index (χ4v) is 6.12. The average Bonchev–Trinajstić information content (AvgIpc) is 3.77. The first kappa shape index (κ1) is 42.0. The number of carboxylic acids is 1. The Kier molecular flexibility index (Phi) is 17.8. The number of hydrogen-bond acceptors (Lipinski definition) is 11. The Labute approximate surface area is 296 Å². The fraction of sp³-hybridized carbons (Fsp3) is 0.733. The maximum atomic E-state index is 14.1. The van der Waals surface area contributed by atoms with Crippen LogP contribution < -0.4 is 44.6 Å². The third-order valence-electron chi connectivity index (χ3n) is 8.63. The van der Waals surface area contributed by atoms with Gasteiger partial charge in [0.2, 0.25) is 35.4 Å². The number of aliphatic imine (C=N–C) groups is 1. The Hall–Kier alpha value is -4.17. The number of thiol groups is 1. The van der Waals surface area contributed by atoms with E-state index in [1.807, 2.05) is 0 Å². The number of amides is 6. The summed E-state index contributed by atoms with van der Waals surface area (Å²) >= 11 is 4.00. The van der Waals surface area contributed by atoms with Crippen molar-refractivity contribution in [2.45, 2.75) is 107 Å². The molecule has 20 heteroatoms. The molecular formula is C30H53N11O8S. The van der Waals surface area contributed by atoms with Crippen molar-refractivity contribution >= 4 is 60.0 Å². The molecule has 50 heavy (non-hydrogen) atoms. The first-order valence-electron chi connectivity index (χ1n) is 16.9. The summed E-state index contributed by atoms with van der Waals surface area (Å²) in [6.45, 7) is 0.965. The normalized spacial score (nSPS) is 19.5. The van der Waals surface area contributed by atoms with E-state index in [0.29, 0.717) is 45.1 Å². The summed E-state index contributed by atoms with van der Waals surface area (Å²) in [5.74, 6) is -5.15. The van der Waals surface area contributed by atoms with Crippen LogP contribution in [0.2, 0.25) is 0 Å². The van der Waals surface area contributed by atoms with Crippen molar-refractivity contribution in [2.75, 3.05) is 31.9 Å². The Morgan fingerprint density at radius 3 is 2.02 bits per heavy atom. The lowest BCUT2D eigenvalue weighted by Gasteiger charge is -2.33. The molecule has 2 fully saturated rings. The topological polar surface area (TPSA) is 325 Å². The molecule has 2 saturated heterocycles. The summed E-state index contributed by atoms with van der Waals surface area (Å²) < 4.78 is 0. The molecule has 0 unspecified atom stereocenters. The second-order valence-electron chi connectivity index (χ2n) is 12.4. The summed E-state index contributed by atoms with van der Waals surface area (Å²) in [7, 11) is 0. The molecule has 0 aromatic rings. The molecule has 0 bridgehead atoms. The highest BCUT2D eigenvalue weighted by Crippen LogP contribution is 2.26. The number of aliphatic carboxylic acids is 1. The maximum Gasteiger partial charge on any atom is 0.326 e. The van der Waals surface area contributed by atoms with E-state index in [2.05, 4.69) is 33.6 Å². The van der Waals surface area contributed by atoms with Gasteiger partial charge >= 0.3 is 5.97 Å². The van der Waals surface area contributed by atoms with Crippen LogP contribution in [0.4, 0.5) is 0 Å². The number of unbranched alkanes of at least 4 members (excludes halogenated alkanes) is 1. The second kappa shape index (κ2) is 21.1. The number of rotatable bonds is 21. The van der Waals surface area contributed by atoms with Gasteiger partial charge in [0, 0.05) is 31.8 Å². The van der Waals surface area contributed by atoms with Crippen LogP contribution in [0.25, 0.3) is 0 Å². The second-order valence-corrected chi connectivity index (χ2v) is 12.8. The monoisotopic (exact) mass is 727 g/mol. The summed E-state index contributed by atoms with van der Waals surface area (Å²) in [6, 6.07) is -6.47. The zero-order valence-electron chi connectivity index (χ0n) is 28.3. The molecule has 0 aromatic heterocycles. The predicted molar refractivity (Wildman–Crippen MR) is 186 cm³/mol. The molecule has 19 nitrogen and oxygen atoms in total. The van der Waals surface area contributed by atoms with E-state index in [-0.39, 0.29) is 63.5 Å². The van der Waals surface area contributed by atoms with Gasteiger partial charge < -0.3 is 59.5 Å². The number of carbonyl (C=O) groups is 7. The van der Waals surface area contributed by atoms with Crippen LogP contribution in [-0.4, -0.2) is 130 Å². The van der Waals surface area contributed by atoms with Crippen LogP contribution in [0.3, 0.4) is 0 Å². The number of likely N-dealkylation sites (tertiary alicyclic amines) is 2. The largest absolute Gasteiger partial charge is 0.480 e. The molecule has 2 heterocycles. The molecule has 0 aromatic carbocycles. The molecule has 282 valence electrons. The van der Waals surface area contributed by atoms with Gasteiger partial charge in [-0.1, -0.05) is 0 Å². The first-order valence-corrected chi connectivity index (χ1v) is 17.5. The molecule has 6 atom stereocenters. The van der Waals surface area contributed by atoms with Crippen LogP contribution in [0.5, 0.6) is 0 Å². The molecule has 2 aliphatic rings. The lowest BCUT2D eigenvalue weighted by Crippen LogP contribution is -2.59. The summed E-state index contributed by atoms with van der Waals surface area (Å²) in [5, 5.41) is 17.3. The Bertz CT molecular complexity index is 1250. The molecule has 6 amide bonds. The zero-order valence-corrected chi connectivity index (χ0v) is 29.2. The minimum atomic E-state index is -1.27. The highest BCUT2D eigenvalue weighted by Gasteiger charge is 2.44. The summed E-state index contributed by atoms with van der Waals surface area (Å²) in [6.07, 6.45) is 2.81. The van der Waals surface area contributed by atoms with Crippen LogP contribution >= 0.6 is 12.6 Å². The van der Waals surface area contributed by atoms with Crippen molar-refractivity contribution < 1.29 is 38.7 Å². The molecule has 14 N–H and O–H groups in total. The van der Waals surface area contributed by atoms with Crippen molar-refractivity contribution in [1.29, 1.82) is 0 Å². The van der Waals surface area contributed by atoms with Crippen molar-refractivity contribution in [3.8, 4) is 0 Å². The Morgan fingerprint density at radius 2 is 1.42 bits per heavy atom. The Balaban J connectivity index is 2.26. The van der Waals surface area contributed by atoms with E-state index in [4.69, 9.17) is 28.7 Å². The van der Waals surface area contributed by atoms with Crippen molar-refractivity contribution in [2.24, 2.45) is 33.7 Å². The van der Waals surface area contributed by atoms with E-state index >= 15 is 0 Å².